The monoisotopic (exact) mass is 355 g/mol. The van der Waals surface area contributed by atoms with E-state index in [2.05, 4.69) is 0 Å². The molecule has 0 fully saturated rings. The third-order valence-corrected chi connectivity index (χ3v) is 5.91. The molecule has 2 rings (SSSR count). The highest BCUT2D eigenvalue weighted by Gasteiger charge is 2.28. The fourth-order valence-electron chi connectivity index (χ4n) is 2.28. The van der Waals surface area contributed by atoms with Crippen molar-refractivity contribution in [1.29, 1.82) is 0 Å². The molecular formula is C16H18ClNO4S. The molecular weight excluding hydrogens is 338 g/mol. The predicted molar refractivity (Wildman–Crippen MR) is 90.0 cm³/mol. The molecule has 0 aromatic heterocycles. The normalized spacial score (nSPS) is 12.7. The van der Waals surface area contributed by atoms with Gasteiger partial charge in [-0.25, -0.2) is 8.42 Å². The standard InChI is InChI=1S/C16H18ClNO4S/c1-21-14-8-3-11(9-15(14)22-2)16(10-18)23(19,20)13-6-4-12(17)5-7-13/h3-9,16H,10,18H2,1-2H3/t16-/m0/s1. The average Bonchev–Trinajstić information content (AvgIpc) is 2.55. The maximum Gasteiger partial charge on any atom is 0.186 e. The zero-order chi connectivity index (χ0) is 17.0. The molecule has 2 N–H and O–H groups in total. The lowest BCUT2D eigenvalue weighted by atomic mass is 10.1. The van der Waals surface area contributed by atoms with Crippen molar-refractivity contribution in [2.75, 3.05) is 20.8 Å². The van der Waals surface area contributed by atoms with Crippen molar-refractivity contribution in [2.24, 2.45) is 5.73 Å². The number of hydrogen-bond acceptors (Lipinski definition) is 5. The van der Waals surface area contributed by atoms with Gasteiger partial charge in [0.2, 0.25) is 0 Å². The van der Waals surface area contributed by atoms with E-state index in [9.17, 15) is 8.42 Å². The molecule has 0 saturated carbocycles. The lowest BCUT2D eigenvalue weighted by molar-refractivity contribution is 0.354. The molecule has 0 saturated heterocycles. The van der Waals surface area contributed by atoms with Crippen molar-refractivity contribution < 1.29 is 17.9 Å². The van der Waals surface area contributed by atoms with Gasteiger partial charge in [0.05, 0.1) is 19.1 Å². The van der Waals surface area contributed by atoms with Crippen molar-refractivity contribution in [3.63, 3.8) is 0 Å². The molecule has 5 nitrogen and oxygen atoms in total. The first-order valence-electron chi connectivity index (χ1n) is 6.85. The van der Waals surface area contributed by atoms with Crippen LogP contribution < -0.4 is 15.2 Å². The maximum absolute atomic E-state index is 12.8. The minimum absolute atomic E-state index is 0.0551. The van der Waals surface area contributed by atoms with Crippen molar-refractivity contribution in [2.45, 2.75) is 10.1 Å². The molecule has 0 heterocycles. The quantitative estimate of drug-likeness (QED) is 0.862. The highest BCUT2D eigenvalue weighted by atomic mass is 35.5. The van der Waals surface area contributed by atoms with Crippen LogP contribution in [0.25, 0.3) is 0 Å². The lowest BCUT2D eigenvalue weighted by Gasteiger charge is -2.18. The van der Waals surface area contributed by atoms with E-state index in [-0.39, 0.29) is 11.4 Å². The van der Waals surface area contributed by atoms with Gasteiger partial charge in [0.15, 0.2) is 21.3 Å². The minimum atomic E-state index is -3.65. The number of halogens is 1. The van der Waals surface area contributed by atoms with Crippen molar-refractivity contribution in [1.82, 2.24) is 0 Å². The summed E-state index contributed by atoms with van der Waals surface area (Å²) < 4.78 is 36.1. The highest BCUT2D eigenvalue weighted by molar-refractivity contribution is 7.91. The predicted octanol–water partition coefficient (Wildman–Crippen LogP) is 2.83. The Morgan fingerprint density at radius 3 is 2.17 bits per heavy atom. The molecule has 0 amide bonds. The van der Waals surface area contributed by atoms with E-state index < -0.39 is 15.1 Å². The van der Waals surface area contributed by atoms with E-state index in [1.54, 1.807) is 18.2 Å². The molecule has 7 heteroatoms. The smallest absolute Gasteiger partial charge is 0.186 e. The number of rotatable bonds is 6. The van der Waals surface area contributed by atoms with Gasteiger partial charge in [0.25, 0.3) is 0 Å². The third kappa shape index (κ3) is 3.60. The number of ether oxygens (including phenoxy) is 2. The van der Waals surface area contributed by atoms with E-state index in [4.69, 9.17) is 26.8 Å². The Morgan fingerprint density at radius 2 is 1.65 bits per heavy atom. The molecule has 0 spiro atoms. The molecule has 0 radical (unpaired) electrons. The third-order valence-electron chi connectivity index (χ3n) is 3.51. The number of sulfone groups is 1. The summed E-state index contributed by atoms with van der Waals surface area (Å²) in [6.45, 7) is -0.0551. The van der Waals surface area contributed by atoms with E-state index in [0.717, 1.165) is 0 Å². The summed E-state index contributed by atoms with van der Waals surface area (Å²) in [7, 11) is -0.636. The Bertz CT molecular complexity index is 775. The zero-order valence-electron chi connectivity index (χ0n) is 12.8. The Hall–Kier alpha value is -1.76. The van der Waals surface area contributed by atoms with Crippen LogP contribution in [0.4, 0.5) is 0 Å². The molecule has 124 valence electrons. The van der Waals surface area contributed by atoms with Gasteiger partial charge < -0.3 is 15.2 Å². The first-order chi connectivity index (χ1) is 10.9. The molecule has 0 bridgehead atoms. The molecule has 23 heavy (non-hydrogen) atoms. The van der Waals surface area contributed by atoms with Crippen LogP contribution in [0.5, 0.6) is 11.5 Å². The van der Waals surface area contributed by atoms with Crippen LogP contribution in [0.2, 0.25) is 5.02 Å². The second-order valence-corrected chi connectivity index (χ2v) is 7.40. The summed E-state index contributed by atoms with van der Waals surface area (Å²) >= 11 is 5.82. The number of hydrogen-bond donors (Lipinski definition) is 1. The first kappa shape index (κ1) is 17.6. The van der Waals surface area contributed by atoms with Gasteiger partial charge >= 0.3 is 0 Å². The molecule has 2 aromatic rings. The van der Waals surface area contributed by atoms with Crippen LogP contribution in [0.1, 0.15) is 10.8 Å². The van der Waals surface area contributed by atoms with Crippen molar-refractivity contribution >= 4 is 21.4 Å². The molecule has 0 aliphatic heterocycles. The molecule has 0 unspecified atom stereocenters. The number of methoxy groups -OCH3 is 2. The van der Waals surface area contributed by atoms with E-state index >= 15 is 0 Å². The van der Waals surface area contributed by atoms with Gasteiger partial charge in [0, 0.05) is 11.6 Å². The average molecular weight is 356 g/mol. The SMILES string of the molecule is COc1ccc([C@H](CN)S(=O)(=O)c2ccc(Cl)cc2)cc1OC. The van der Waals surface area contributed by atoms with Gasteiger partial charge in [-0.3, -0.25) is 0 Å². The topological polar surface area (TPSA) is 78.6 Å². The van der Waals surface area contributed by atoms with Gasteiger partial charge in [-0.15, -0.1) is 0 Å². The number of benzene rings is 2. The Morgan fingerprint density at radius 1 is 1.04 bits per heavy atom. The molecule has 0 aliphatic rings. The van der Waals surface area contributed by atoms with Crippen LogP contribution in [-0.4, -0.2) is 29.2 Å². The highest BCUT2D eigenvalue weighted by Crippen LogP contribution is 2.34. The van der Waals surface area contributed by atoms with E-state index in [1.165, 1.54) is 38.5 Å². The summed E-state index contributed by atoms with van der Waals surface area (Å²) in [5.41, 5.74) is 6.28. The van der Waals surface area contributed by atoms with E-state index in [0.29, 0.717) is 22.1 Å². The summed E-state index contributed by atoms with van der Waals surface area (Å²) in [6, 6.07) is 11.0. The second kappa shape index (κ2) is 7.21. The van der Waals surface area contributed by atoms with Crippen LogP contribution in [0.15, 0.2) is 47.4 Å². The summed E-state index contributed by atoms with van der Waals surface area (Å²) in [5, 5.41) is -0.414. The number of nitrogens with two attached hydrogens (primary N) is 1. The van der Waals surface area contributed by atoms with Gasteiger partial charge in [-0.2, -0.15) is 0 Å². The van der Waals surface area contributed by atoms with Gasteiger partial charge in [-0.05, 0) is 42.0 Å². The van der Waals surface area contributed by atoms with Crippen molar-refractivity contribution in [3.8, 4) is 11.5 Å². The first-order valence-corrected chi connectivity index (χ1v) is 8.78. The van der Waals surface area contributed by atoms with E-state index in [1.807, 2.05) is 0 Å². The van der Waals surface area contributed by atoms with Crippen LogP contribution in [0.3, 0.4) is 0 Å². The fourth-order valence-corrected chi connectivity index (χ4v) is 4.01. The molecule has 1 atom stereocenters. The van der Waals surface area contributed by atoms with Crippen LogP contribution in [-0.2, 0) is 9.84 Å². The Kier molecular flexibility index (Phi) is 5.51. The fraction of sp³-hybridized carbons (Fsp3) is 0.250. The summed E-state index contributed by atoms with van der Waals surface area (Å²) in [4.78, 5) is 0.173. The largest absolute Gasteiger partial charge is 0.493 e. The summed E-state index contributed by atoms with van der Waals surface area (Å²) in [6.07, 6.45) is 0. The Balaban J connectivity index is 2.48. The lowest BCUT2D eigenvalue weighted by Crippen LogP contribution is -2.22. The van der Waals surface area contributed by atoms with Gasteiger partial charge in [0.1, 0.15) is 5.25 Å². The van der Waals surface area contributed by atoms with Crippen molar-refractivity contribution in [3.05, 3.63) is 53.1 Å². The van der Waals surface area contributed by atoms with Gasteiger partial charge in [-0.1, -0.05) is 17.7 Å². The maximum atomic E-state index is 12.8. The van der Waals surface area contributed by atoms with Crippen LogP contribution >= 0.6 is 11.6 Å². The zero-order valence-corrected chi connectivity index (χ0v) is 14.4. The second-order valence-electron chi connectivity index (χ2n) is 4.84. The molecule has 2 aromatic carbocycles. The molecule has 0 aliphatic carbocycles. The summed E-state index contributed by atoms with van der Waals surface area (Å²) in [5.74, 6) is 0.977. The van der Waals surface area contributed by atoms with Crippen LogP contribution in [0, 0.1) is 0 Å². The Labute approximate surface area is 140 Å². The minimum Gasteiger partial charge on any atom is -0.493 e.